The number of benzene rings is 2. The zero-order valence-corrected chi connectivity index (χ0v) is 11.8. The summed E-state index contributed by atoms with van der Waals surface area (Å²) < 4.78 is 13.4. The van der Waals surface area contributed by atoms with Gasteiger partial charge < -0.3 is 11.1 Å². The van der Waals surface area contributed by atoms with Crippen LogP contribution in [0, 0.1) is 5.82 Å². The fraction of sp³-hybridized carbons (Fsp3) is 0.235. The molecule has 0 fully saturated rings. The first-order valence-electron chi connectivity index (χ1n) is 6.97. The van der Waals surface area contributed by atoms with E-state index in [0.29, 0.717) is 24.9 Å². The highest BCUT2D eigenvalue weighted by Crippen LogP contribution is 2.06. The first-order valence-corrected chi connectivity index (χ1v) is 6.97. The molecule has 21 heavy (non-hydrogen) atoms. The Labute approximate surface area is 124 Å². The molecule has 0 bridgehead atoms. The van der Waals surface area contributed by atoms with E-state index < -0.39 is 6.04 Å². The molecule has 0 saturated carbocycles. The summed E-state index contributed by atoms with van der Waals surface area (Å²) in [6.07, 6.45) is 0.947. The van der Waals surface area contributed by atoms with Crippen LogP contribution in [0.2, 0.25) is 0 Å². The minimum atomic E-state index is -0.590. The Balaban J connectivity index is 1.78. The number of amides is 1. The third-order valence-electron chi connectivity index (χ3n) is 3.29. The lowest BCUT2D eigenvalue weighted by atomic mass is 10.1. The molecule has 0 saturated heterocycles. The van der Waals surface area contributed by atoms with Gasteiger partial charge in [0.05, 0.1) is 6.04 Å². The molecule has 0 spiro atoms. The molecule has 4 heteroatoms. The Morgan fingerprint density at radius 2 is 1.76 bits per heavy atom. The topological polar surface area (TPSA) is 55.1 Å². The standard InChI is InChI=1S/C17H19FN2O/c18-15-9-5-4-8-14(15)10-11-20-17(21)16(19)12-13-6-2-1-3-7-13/h1-9,16H,10-12,19H2,(H,20,21)/t16-/m1/s1. The SMILES string of the molecule is N[C@H](Cc1ccccc1)C(=O)NCCc1ccccc1F. The fourth-order valence-corrected chi connectivity index (χ4v) is 2.11. The van der Waals surface area contributed by atoms with E-state index in [1.54, 1.807) is 18.2 Å². The van der Waals surface area contributed by atoms with Crippen LogP contribution in [-0.4, -0.2) is 18.5 Å². The molecule has 0 radical (unpaired) electrons. The lowest BCUT2D eigenvalue weighted by molar-refractivity contribution is -0.122. The number of nitrogens with one attached hydrogen (secondary N) is 1. The van der Waals surface area contributed by atoms with Gasteiger partial charge in [0.1, 0.15) is 5.82 Å². The quantitative estimate of drug-likeness (QED) is 0.854. The zero-order valence-electron chi connectivity index (χ0n) is 11.8. The molecule has 0 aliphatic heterocycles. The van der Waals surface area contributed by atoms with Crippen molar-refractivity contribution in [2.24, 2.45) is 5.73 Å². The largest absolute Gasteiger partial charge is 0.354 e. The molecule has 3 N–H and O–H groups in total. The van der Waals surface area contributed by atoms with Gasteiger partial charge in [-0.1, -0.05) is 48.5 Å². The Hall–Kier alpha value is -2.20. The van der Waals surface area contributed by atoms with Crippen molar-refractivity contribution in [3.63, 3.8) is 0 Å². The van der Waals surface area contributed by atoms with Crippen molar-refractivity contribution >= 4 is 5.91 Å². The molecule has 0 aromatic heterocycles. The van der Waals surface area contributed by atoms with Crippen LogP contribution in [0.15, 0.2) is 54.6 Å². The van der Waals surface area contributed by atoms with Crippen LogP contribution in [0.3, 0.4) is 0 Å². The molecule has 3 nitrogen and oxygen atoms in total. The van der Waals surface area contributed by atoms with Crippen LogP contribution in [-0.2, 0) is 17.6 Å². The van der Waals surface area contributed by atoms with E-state index >= 15 is 0 Å². The van der Waals surface area contributed by atoms with Gasteiger partial charge in [0.2, 0.25) is 5.91 Å². The second-order valence-electron chi connectivity index (χ2n) is 4.93. The Morgan fingerprint density at radius 3 is 2.48 bits per heavy atom. The summed E-state index contributed by atoms with van der Waals surface area (Å²) in [7, 11) is 0. The van der Waals surface area contributed by atoms with Crippen molar-refractivity contribution in [3.05, 3.63) is 71.5 Å². The van der Waals surface area contributed by atoms with E-state index in [1.807, 2.05) is 30.3 Å². The molecule has 2 rings (SSSR count). The predicted octanol–water partition coefficient (Wildman–Crippen LogP) is 2.05. The van der Waals surface area contributed by atoms with Gasteiger partial charge in [-0.25, -0.2) is 4.39 Å². The Kier molecular flexibility index (Phi) is 5.46. The van der Waals surface area contributed by atoms with Crippen molar-refractivity contribution in [1.82, 2.24) is 5.32 Å². The predicted molar refractivity (Wildman–Crippen MR) is 81.2 cm³/mol. The van der Waals surface area contributed by atoms with Crippen molar-refractivity contribution < 1.29 is 9.18 Å². The Bertz CT molecular complexity index is 586. The number of hydrogen-bond donors (Lipinski definition) is 2. The summed E-state index contributed by atoms with van der Waals surface area (Å²) in [5.41, 5.74) is 7.49. The first kappa shape index (κ1) is 15.2. The maximum absolute atomic E-state index is 13.4. The second-order valence-corrected chi connectivity index (χ2v) is 4.93. The van der Waals surface area contributed by atoms with Crippen molar-refractivity contribution in [3.8, 4) is 0 Å². The number of nitrogens with two attached hydrogens (primary N) is 1. The molecule has 2 aromatic rings. The number of rotatable bonds is 6. The summed E-state index contributed by atoms with van der Waals surface area (Å²) in [5.74, 6) is -0.462. The third kappa shape index (κ3) is 4.68. The number of hydrogen-bond acceptors (Lipinski definition) is 2. The van der Waals surface area contributed by atoms with E-state index in [1.165, 1.54) is 6.07 Å². The number of carbonyl (C=O) groups is 1. The van der Waals surface area contributed by atoms with Crippen LogP contribution in [0.5, 0.6) is 0 Å². The van der Waals surface area contributed by atoms with Gasteiger partial charge in [-0.2, -0.15) is 0 Å². The molecular weight excluding hydrogens is 267 g/mol. The van der Waals surface area contributed by atoms with Gasteiger partial charge in [0.25, 0.3) is 0 Å². The smallest absolute Gasteiger partial charge is 0.237 e. The lowest BCUT2D eigenvalue weighted by Gasteiger charge is -2.12. The van der Waals surface area contributed by atoms with Gasteiger partial charge in [0.15, 0.2) is 0 Å². The van der Waals surface area contributed by atoms with E-state index in [-0.39, 0.29) is 11.7 Å². The van der Waals surface area contributed by atoms with E-state index in [2.05, 4.69) is 5.32 Å². The third-order valence-corrected chi connectivity index (χ3v) is 3.29. The zero-order chi connectivity index (χ0) is 15.1. The van der Waals surface area contributed by atoms with Crippen molar-refractivity contribution in [2.45, 2.75) is 18.9 Å². The van der Waals surface area contributed by atoms with E-state index in [9.17, 15) is 9.18 Å². The lowest BCUT2D eigenvalue weighted by Crippen LogP contribution is -2.42. The highest BCUT2D eigenvalue weighted by Gasteiger charge is 2.13. The molecule has 0 unspecified atom stereocenters. The maximum Gasteiger partial charge on any atom is 0.237 e. The summed E-state index contributed by atoms with van der Waals surface area (Å²) in [6, 6.07) is 15.6. The average molecular weight is 286 g/mol. The maximum atomic E-state index is 13.4. The van der Waals surface area contributed by atoms with Gasteiger partial charge in [-0.15, -0.1) is 0 Å². The first-order chi connectivity index (χ1) is 10.2. The summed E-state index contributed by atoms with van der Waals surface area (Å²) in [5, 5.41) is 2.75. The molecule has 0 aliphatic rings. The summed E-state index contributed by atoms with van der Waals surface area (Å²) in [4.78, 5) is 11.9. The highest BCUT2D eigenvalue weighted by molar-refractivity contribution is 5.81. The average Bonchev–Trinajstić information content (AvgIpc) is 2.50. The normalized spacial score (nSPS) is 11.9. The minimum absolute atomic E-state index is 0.213. The van der Waals surface area contributed by atoms with Gasteiger partial charge >= 0.3 is 0 Å². The van der Waals surface area contributed by atoms with Crippen molar-refractivity contribution in [1.29, 1.82) is 0 Å². The monoisotopic (exact) mass is 286 g/mol. The van der Waals surface area contributed by atoms with Crippen LogP contribution in [0.25, 0.3) is 0 Å². The van der Waals surface area contributed by atoms with Crippen LogP contribution >= 0.6 is 0 Å². The Morgan fingerprint density at radius 1 is 1.10 bits per heavy atom. The second kappa shape index (κ2) is 7.55. The van der Waals surface area contributed by atoms with E-state index in [0.717, 1.165) is 5.56 Å². The molecule has 0 heterocycles. The molecule has 2 aromatic carbocycles. The van der Waals surface area contributed by atoms with E-state index in [4.69, 9.17) is 5.73 Å². The summed E-state index contributed by atoms with van der Waals surface area (Å²) in [6.45, 7) is 0.377. The van der Waals surface area contributed by atoms with Gasteiger partial charge in [-0.3, -0.25) is 4.79 Å². The molecule has 1 amide bonds. The molecular formula is C17H19FN2O. The van der Waals surface area contributed by atoms with Gasteiger partial charge in [0, 0.05) is 6.54 Å². The number of carbonyl (C=O) groups excluding carboxylic acids is 1. The fourth-order valence-electron chi connectivity index (χ4n) is 2.11. The molecule has 110 valence electrons. The summed E-state index contributed by atoms with van der Waals surface area (Å²) >= 11 is 0. The molecule has 0 aliphatic carbocycles. The van der Waals surface area contributed by atoms with Crippen molar-refractivity contribution in [2.75, 3.05) is 6.54 Å². The van der Waals surface area contributed by atoms with Crippen LogP contribution < -0.4 is 11.1 Å². The van der Waals surface area contributed by atoms with Crippen LogP contribution in [0.4, 0.5) is 4.39 Å². The minimum Gasteiger partial charge on any atom is -0.354 e. The number of halogens is 1. The van der Waals surface area contributed by atoms with Gasteiger partial charge in [-0.05, 0) is 30.0 Å². The highest BCUT2D eigenvalue weighted by atomic mass is 19.1. The van der Waals surface area contributed by atoms with Crippen LogP contribution in [0.1, 0.15) is 11.1 Å². The molecule has 1 atom stereocenters.